The van der Waals surface area contributed by atoms with E-state index in [0.29, 0.717) is 71.9 Å². The highest BCUT2D eigenvalue weighted by Gasteiger charge is 2.40. The highest BCUT2D eigenvalue weighted by Crippen LogP contribution is 2.35. The summed E-state index contributed by atoms with van der Waals surface area (Å²) in [7, 11) is 0. The number of imide groups is 1. The number of anilines is 2. The minimum absolute atomic E-state index is 0.0569. The summed E-state index contributed by atoms with van der Waals surface area (Å²) < 4.78 is 13.9. The molecular weight excluding hydrogens is 794 g/mol. The number of piperazine rings is 1. The summed E-state index contributed by atoms with van der Waals surface area (Å²) in [6.45, 7) is 10.6. The van der Waals surface area contributed by atoms with Crippen LogP contribution in [0.1, 0.15) is 107 Å². The van der Waals surface area contributed by atoms with Crippen molar-refractivity contribution in [2.24, 2.45) is 0 Å². The Hall–Kier alpha value is -5.87. The first-order chi connectivity index (χ1) is 30.0. The molecule has 16 heteroatoms. The van der Waals surface area contributed by atoms with Crippen molar-refractivity contribution in [1.82, 2.24) is 35.6 Å². The molecule has 0 radical (unpaired) electrons. The van der Waals surface area contributed by atoms with Crippen LogP contribution in [0.2, 0.25) is 0 Å². The number of benzene rings is 2. The standard InChI is InChI=1S/C46H58FN9O6/c1-29-38(26-34-33-25-31(47)13-14-37(33)52-43(34)59)51-30(2)42(29)45(61)50-19-10-20-54-21-23-55(24-22-54)28-41(58)49-18-8-6-4-3-5-7-17-48-36-12-9-11-32-35(36)27-56(46(32)62)39-15-16-40(57)53-44(39)60/h9,11-14,25-26,39,48,51H,3-8,10,15-24,27-28H2,1-2H3,(H,49,58)(H,50,61)(H,52,59)(H,53,57,60)/b34-26-. The number of carbonyl (C=O) groups excluding carboxylic acids is 6. The Morgan fingerprint density at radius 3 is 2.34 bits per heavy atom. The molecule has 3 aromatic rings. The molecule has 330 valence electrons. The largest absolute Gasteiger partial charge is 0.385 e. The normalized spacial score (nSPS) is 18.5. The van der Waals surface area contributed by atoms with E-state index < -0.39 is 17.8 Å². The van der Waals surface area contributed by atoms with Gasteiger partial charge in [0.25, 0.3) is 17.7 Å². The molecular formula is C46H58FN9O6. The van der Waals surface area contributed by atoms with Crippen LogP contribution in [0.25, 0.3) is 11.6 Å². The zero-order chi connectivity index (χ0) is 43.8. The fraction of sp³-hybridized carbons (Fsp3) is 0.478. The molecule has 6 N–H and O–H groups in total. The van der Waals surface area contributed by atoms with Crippen molar-refractivity contribution in [3.63, 3.8) is 0 Å². The van der Waals surface area contributed by atoms with Crippen molar-refractivity contribution < 1.29 is 33.2 Å². The van der Waals surface area contributed by atoms with Crippen LogP contribution in [0.15, 0.2) is 36.4 Å². The van der Waals surface area contributed by atoms with Gasteiger partial charge in [-0.1, -0.05) is 31.7 Å². The first-order valence-electron chi connectivity index (χ1n) is 22.0. The van der Waals surface area contributed by atoms with Crippen molar-refractivity contribution in [3.05, 3.63) is 81.4 Å². The summed E-state index contributed by atoms with van der Waals surface area (Å²) in [6.07, 6.45) is 9.32. The Morgan fingerprint density at radius 1 is 0.839 bits per heavy atom. The quantitative estimate of drug-likeness (QED) is 0.0580. The maximum Gasteiger partial charge on any atom is 0.256 e. The SMILES string of the molecule is Cc1[nH]c(/C=C2\C(=O)Nc3ccc(F)cc32)c(C)c1C(=O)NCCCN1CCN(CC(=O)NCCCCCCCCNc2cccc3c2CN(C2CCC(=O)NC2=O)C3=O)CC1. The van der Waals surface area contributed by atoms with E-state index in [-0.39, 0.29) is 36.0 Å². The summed E-state index contributed by atoms with van der Waals surface area (Å²) in [4.78, 5) is 84.8. The Balaban J connectivity index is 0.706. The summed E-state index contributed by atoms with van der Waals surface area (Å²) in [6, 6.07) is 9.18. The molecule has 15 nitrogen and oxygen atoms in total. The van der Waals surface area contributed by atoms with Crippen LogP contribution in [0.3, 0.4) is 0 Å². The zero-order valence-corrected chi connectivity index (χ0v) is 35.7. The van der Waals surface area contributed by atoms with E-state index in [1.807, 2.05) is 26.0 Å². The molecule has 1 aromatic heterocycles. The number of nitrogens with zero attached hydrogens (tertiary/aromatic N) is 3. The van der Waals surface area contributed by atoms with E-state index in [1.54, 1.807) is 17.0 Å². The second-order valence-electron chi connectivity index (χ2n) is 16.7. The molecule has 2 aromatic carbocycles. The second-order valence-corrected chi connectivity index (χ2v) is 16.7. The van der Waals surface area contributed by atoms with Gasteiger partial charge < -0.3 is 36.1 Å². The maximum absolute atomic E-state index is 13.9. The van der Waals surface area contributed by atoms with Gasteiger partial charge in [-0.05, 0) is 88.0 Å². The average Bonchev–Trinajstić information content (AvgIpc) is 3.85. The molecule has 6 amide bonds. The number of amides is 6. The molecule has 1 unspecified atom stereocenters. The van der Waals surface area contributed by atoms with Crippen LogP contribution in [0.4, 0.5) is 15.8 Å². The van der Waals surface area contributed by atoms with Gasteiger partial charge in [0, 0.05) is 98.2 Å². The number of carbonyl (C=O) groups is 6. The molecule has 4 aliphatic rings. The number of unbranched alkanes of at least 4 members (excludes halogenated alkanes) is 5. The molecule has 62 heavy (non-hydrogen) atoms. The number of rotatable bonds is 19. The van der Waals surface area contributed by atoms with Gasteiger partial charge in [0.15, 0.2) is 0 Å². The number of aromatic amines is 1. The van der Waals surface area contributed by atoms with E-state index in [0.717, 1.165) is 101 Å². The lowest BCUT2D eigenvalue weighted by atomic mass is 10.0. The summed E-state index contributed by atoms with van der Waals surface area (Å²) in [5.74, 6) is -1.73. The van der Waals surface area contributed by atoms with Gasteiger partial charge in [0.1, 0.15) is 11.9 Å². The molecule has 2 fully saturated rings. The van der Waals surface area contributed by atoms with Crippen molar-refractivity contribution in [2.75, 3.05) is 69.5 Å². The number of piperidine rings is 1. The average molecular weight is 852 g/mol. The number of H-pyrrole nitrogens is 1. The van der Waals surface area contributed by atoms with Crippen molar-refractivity contribution in [1.29, 1.82) is 0 Å². The van der Waals surface area contributed by atoms with Gasteiger partial charge in [-0.2, -0.15) is 0 Å². The van der Waals surface area contributed by atoms with E-state index in [2.05, 4.69) is 41.4 Å². The topological polar surface area (TPSA) is 188 Å². The van der Waals surface area contributed by atoms with Crippen molar-refractivity contribution in [3.8, 4) is 0 Å². The van der Waals surface area contributed by atoms with Crippen LogP contribution in [-0.2, 0) is 25.7 Å². The minimum atomic E-state index is -0.622. The Morgan fingerprint density at radius 2 is 1.56 bits per heavy atom. The van der Waals surface area contributed by atoms with Gasteiger partial charge in [0.05, 0.1) is 17.7 Å². The molecule has 0 spiro atoms. The zero-order valence-electron chi connectivity index (χ0n) is 35.7. The first kappa shape index (κ1) is 44.2. The Kier molecular flexibility index (Phi) is 14.5. The summed E-state index contributed by atoms with van der Waals surface area (Å²) >= 11 is 0. The minimum Gasteiger partial charge on any atom is -0.385 e. The lowest BCUT2D eigenvalue weighted by molar-refractivity contribution is -0.137. The third-order valence-electron chi connectivity index (χ3n) is 12.3. The lowest BCUT2D eigenvalue weighted by Crippen LogP contribution is -2.52. The van der Waals surface area contributed by atoms with Gasteiger partial charge in [-0.3, -0.25) is 39.0 Å². The maximum atomic E-state index is 13.9. The molecule has 5 heterocycles. The fourth-order valence-electron chi connectivity index (χ4n) is 8.89. The van der Waals surface area contributed by atoms with Crippen LogP contribution < -0.4 is 26.6 Å². The van der Waals surface area contributed by atoms with Crippen molar-refractivity contribution in [2.45, 2.75) is 84.2 Å². The number of hydrogen-bond acceptors (Lipinski definition) is 9. The highest BCUT2D eigenvalue weighted by molar-refractivity contribution is 6.35. The molecule has 0 aliphatic carbocycles. The third-order valence-corrected chi connectivity index (χ3v) is 12.3. The van der Waals surface area contributed by atoms with Crippen molar-refractivity contribution >= 4 is 58.5 Å². The molecule has 1 atom stereocenters. The molecule has 0 saturated carbocycles. The second kappa shape index (κ2) is 20.3. The van der Waals surface area contributed by atoms with Crippen LogP contribution >= 0.6 is 0 Å². The molecule has 4 aliphatic heterocycles. The van der Waals surface area contributed by atoms with Gasteiger partial charge in [-0.15, -0.1) is 0 Å². The smallest absolute Gasteiger partial charge is 0.256 e. The third kappa shape index (κ3) is 10.6. The first-order valence-corrected chi connectivity index (χ1v) is 22.0. The number of hydrogen-bond donors (Lipinski definition) is 6. The van der Waals surface area contributed by atoms with Crippen LogP contribution in [0, 0.1) is 19.7 Å². The molecule has 0 bridgehead atoms. The highest BCUT2D eigenvalue weighted by atomic mass is 19.1. The van der Waals surface area contributed by atoms with E-state index >= 15 is 0 Å². The predicted octanol–water partition coefficient (Wildman–Crippen LogP) is 4.33. The fourth-order valence-corrected chi connectivity index (χ4v) is 8.89. The number of fused-ring (bicyclic) bond motifs is 2. The van der Waals surface area contributed by atoms with Crippen LogP contribution in [0.5, 0.6) is 0 Å². The number of nitrogens with one attached hydrogen (secondary N) is 6. The van der Waals surface area contributed by atoms with Gasteiger partial charge >= 0.3 is 0 Å². The van der Waals surface area contributed by atoms with E-state index in [4.69, 9.17) is 0 Å². The predicted molar refractivity (Wildman–Crippen MR) is 235 cm³/mol. The van der Waals surface area contributed by atoms with E-state index in [1.165, 1.54) is 18.2 Å². The Labute approximate surface area is 361 Å². The Bertz CT molecular complexity index is 2230. The van der Waals surface area contributed by atoms with Gasteiger partial charge in [0.2, 0.25) is 17.7 Å². The monoisotopic (exact) mass is 851 g/mol. The van der Waals surface area contributed by atoms with E-state index in [9.17, 15) is 33.2 Å². The van der Waals surface area contributed by atoms with Gasteiger partial charge in [-0.25, -0.2) is 4.39 Å². The lowest BCUT2D eigenvalue weighted by Gasteiger charge is -2.34. The molecule has 2 saturated heterocycles. The number of halogens is 1. The summed E-state index contributed by atoms with van der Waals surface area (Å²) in [5, 5.41) is 14.7. The summed E-state index contributed by atoms with van der Waals surface area (Å²) in [5.41, 5.74) is 6.41. The number of aromatic nitrogens is 1. The van der Waals surface area contributed by atoms with Crippen LogP contribution in [-0.4, -0.2) is 120 Å². The molecule has 7 rings (SSSR count). The number of aryl methyl sites for hydroxylation is 1.